The molecule has 1 atom stereocenters. The lowest BCUT2D eigenvalue weighted by molar-refractivity contribution is 1.09. The molecule has 0 aromatic heterocycles. The van der Waals surface area contributed by atoms with E-state index < -0.39 is 0 Å². The predicted molar refractivity (Wildman–Crippen MR) is 58.6 cm³/mol. The summed E-state index contributed by atoms with van der Waals surface area (Å²) in [7, 11) is 0. The number of nitrogens with zero attached hydrogens (tertiary/aromatic N) is 1. The van der Waals surface area contributed by atoms with E-state index in [1.54, 1.807) is 0 Å². The van der Waals surface area contributed by atoms with Gasteiger partial charge in [-0.25, -0.2) is 0 Å². The number of hydrogen-bond donors (Lipinski definition) is 1. The Kier molecular flexibility index (Phi) is 1.46. The molecule has 1 aliphatic heterocycles. The van der Waals surface area contributed by atoms with Crippen molar-refractivity contribution in [2.24, 2.45) is 10.7 Å². The highest BCUT2D eigenvalue weighted by Gasteiger charge is 2.24. The zero-order valence-electron chi connectivity index (χ0n) is 7.64. The van der Waals surface area contributed by atoms with E-state index in [4.69, 9.17) is 5.73 Å². The molecule has 0 saturated carbocycles. The molecule has 0 saturated heterocycles. The molecule has 0 radical (unpaired) electrons. The van der Waals surface area contributed by atoms with Gasteiger partial charge < -0.3 is 5.73 Å². The van der Waals surface area contributed by atoms with Gasteiger partial charge in [-0.2, -0.15) is 0 Å². The Labute approximate surface area is 82.5 Å². The van der Waals surface area contributed by atoms with Crippen LogP contribution in [0.1, 0.15) is 5.56 Å². The van der Waals surface area contributed by atoms with Crippen LogP contribution in [0, 0.1) is 0 Å². The molecule has 14 heavy (non-hydrogen) atoms. The molecule has 0 spiro atoms. The SMILES string of the molecule is NC1C=CC=C2C1=Nc1ccccc12. The summed E-state index contributed by atoms with van der Waals surface area (Å²) in [6.07, 6.45) is 6.04. The van der Waals surface area contributed by atoms with Crippen molar-refractivity contribution in [1.29, 1.82) is 0 Å². The van der Waals surface area contributed by atoms with Crippen LogP contribution in [0.25, 0.3) is 5.57 Å². The van der Waals surface area contributed by atoms with E-state index in [1.165, 1.54) is 11.1 Å². The lowest BCUT2D eigenvalue weighted by atomic mass is 9.95. The van der Waals surface area contributed by atoms with Crippen LogP contribution >= 0.6 is 0 Å². The van der Waals surface area contributed by atoms with Crippen LogP contribution in [-0.2, 0) is 0 Å². The zero-order chi connectivity index (χ0) is 9.54. The van der Waals surface area contributed by atoms with E-state index in [-0.39, 0.29) is 6.04 Å². The Bertz CT molecular complexity index is 481. The van der Waals surface area contributed by atoms with Crippen LogP contribution in [0.5, 0.6) is 0 Å². The molecule has 3 rings (SSSR count). The largest absolute Gasteiger partial charge is 0.319 e. The highest BCUT2D eigenvalue weighted by molar-refractivity contribution is 6.32. The lowest BCUT2D eigenvalue weighted by Crippen LogP contribution is -2.29. The molecule has 2 nitrogen and oxygen atoms in total. The van der Waals surface area contributed by atoms with Crippen LogP contribution in [0.3, 0.4) is 0 Å². The number of benzene rings is 1. The van der Waals surface area contributed by atoms with Crippen molar-refractivity contribution >= 4 is 17.0 Å². The van der Waals surface area contributed by atoms with Crippen molar-refractivity contribution < 1.29 is 0 Å². The standard InChI is InChI=1S/C12H10N2/c13-10-6-3-5-9-8-4-1-2-7-11(8)14-12(9)10/h1-7,10H,13H2. The molecule has 2 N–H and O–H groups in total. The van der Waals surface area contributed by atoms with Crippen LogP contribution < -0.4 is 5.73 Å². The average molecular weight is 182 g/mol. The molecule has 0 bridgehead atoms. The fourth-order valence-electron chi connectivity index (χ4n) is 1.92. The lowest BCUT2D eigenvalue weighted by Gasteiger charge is -2.12. The van der Waals surface area contributed by atoms with Gasteiger partial charge in [0, 0.05) is 11.1 Å². The van der Waals surface area contributed by atoms with Crippen molar-refractivity contribution in [3.63, 3.8) is 0 Å². The molecular weight excluding hydrogens is 172 g/mol. The van der Waals surface area contributed by atoms with Crippen molar-refractivity contribution in [3.8, 4) is 0 Å². The summed E-state index contributed by atoms with van der Waals surface area (Å²) in [6.45, 7) is 0. The fourth-order valence-corrected chi connectivity index (χ4v) is 1.92. The van der Waals surface area contributed by atoms with Crippen molar-refractivity contribution in [2.45, 2.75) is 6.04 Å². The third-order valence-electron chi connectivity index (χ3n) is 2.61. The molecule has 1 aromatic rings. The average Bonchev–Trinajstić information content (AvgIpc) is 2.59. The Hall–Kier alpha value is -1.67. The Balaban J connectivity index is 2.24. The molecular formula is C12H10N2. The Morgan fingerprint density at radius 1 is 1.21 bits per heavy atom. The van der Waals surface area contributed by atoms with Gasteiger partial charge >= 0.3 is 0 Å². The highest BCUT2D eigenvalue weighted by Crippen LogP contribution is 2.36. The van der Waals surface area contributed by atoms with Crippen LogP contribution in [0.15, 0.2) is 47.5 Å². The summed E-state index contributed by atoms with van der Waals surface area (Å²) in [5.74, 6) is 0. The Morgan fingerprint density at radius 2 is 2.07 bits per heavy atom. The van der Waals surface area contributed by atoms with Gasteiger partial charge in [0.1, 0.15) is 0 Å². The summed E-state index contributed by atoms with van der Waals surface area (Å²) in [5, 5.41) is 0. The first kappa shape index (κ1) is 7.71. The van der Waals surface area contributed by atoms with Gasteiger partial charge in [0.25, 0.3) is 0 Å². The molecule has 1 aromatic carbocycles. The summed E-state index contributed by atoms with van der Waals surface area (Å²) < 4.78 is 0. The second-order valence-corrected chi connectivity index (χ2v) is 3.51. The first-order valence-corrected chi connectivity index (χ1v) is 4.69. The summed E-state index contributed by atoms with van der Waals surface area (Å²) in [5.41, 5.74) is 10.3. The minimum Gasteiger partial charge on any atom is -0.319 e. The van der Waals surface area contributed by atoms with Gasteiger partial charge in [-0.05, 0) is 6.07 Å². The first-order chi connectivity index (χ1) is 6.86. The molecule has 1 unspecified atom stereocenters. The molecule has 68 valence electrons. The topological polar surface area (TPSA) is 38.4 Å². The third-order valence-corrected chi connectivity index (χ3v) is 2.61. The van der Waals surface area contributed by atoms with Crippen molar-refractivity contribution in [1.82, 2.24) is 0 Å². The normalized spacial score (nSPS) is 22.5. The molecule has 0 amide bonds. The molecule has 2 aliphatic rings. The number of rotatable bonds is 0. The molecule has 1 aliphatic carbocycles. The van der Waals surface area contributed by atoms with Gasteiger partial charge in [0.2, 0.25) is 0 Å². The number of hydrogen-bond acceptors (Lipinski definition) is 2. The second kappa shape index (κ2) is 2.66. The van der Waals surface area contributed by atoms with Crippen molar-refractivity contribution in [2.75, 3.05) is 0 Å². The van der Waals surface area contributed by atoms with Gasteiger partial charge in [0.05, 0.1) is 17.4 Å². The van der Waals surface area contributed by atoms with Gasteiger partial charge in [-0.3, -0.25) is 4.99 Å². The van der Waals surface area contributed by atoms with Crippen LogP contribution in [-0.4, -0.2) is 11.8 Å². The monoisotopic (exact) mass is 182 g/mol. The quantitative estimate of drug-likeness (QED) is 0.655. The van der Waals surface area contributed by atoms with E-state index >= 15 is 0 Å². The zero-order valence-corrected chi connectivity index (χ0v) is 7.64. The number of nitrogens with two attached hydrogens (primary N) is 1. The minimum atomic E-state index is -0.0533. The van der Waals surface area contributed by atoms with Crippen molar-refractivity contribution in [3.05, 3.63) is 48.1 Å². The minimum absolute atomic E-state index is 0.0533. The number of aliphatic imine (C=N–C) groups is 1. The fraction of sp³-hybridized carbons (Fsp3) is 0.0833. The molecule has 1 heterocycles. The molecule has 0 fully saturated rings. The predicted octanol–water partition coefficient (Wildman–Crippen LogP) is 2.05. The first-order valence-electron chi connectivity index (χ1n) is 4.69. The maximum atomic E-state index is 5.94. The number of para-hydroxylation sites is 1. The van der Waals surface area contributed by atoms with E-state index in [1.807, 2.05) is 30.4 Å². The Morgan fingerprint density at radius 3 is 3.00 bits per heavy atom. The van der Waals surface area contributed by atoms with Gasteiger partial charge in [-0.15, -0.1) is 0 Å². The summed E-state index contributed by atoms with van der Waals surface area (Å²) >= 11 is 0. The summed E-state index contributed by atoms with van der Waals surface area (Å²) in [4.78, 5) is 4.53. The van der Waals surface area contributed by atoms with Gasteiger partial charge in [0.15, 0.2) is 0 Å². The number of allylic oxidation sites excluding steroid dienone is 2. The smallest absolute Gasteiger partial charge is 0.0713 e. The third kappa shape index (κ3) is 0.916. The second-order valence-electron chi connectivity index (χ2n) is 3.51. The maximum absolute atomic E-state index is 5.94. The van der Waals surface area contributed by atoms with Crippen LogP contribution in [0.4, 0.5) is 5.69 Å². The van der Waals surface area contributed by atoms with Crippen LogP contribution in [0.2, 0.25) is 0 Å². The van der Waals surface area contributed by atoms with E-state index in [0.717, 1.165) is 11.4 Å². The van der Waals surface area contributed by atoms with E-state index in [0.29, 0.717) is 0 Å². The highest BCUT2D eigenvalue weighted by atomic mass is 14.8. The maximum Gasteiger partial charge on any atom is 0.0713 e. The van der Waals surface area contributed by atoms with Gasteiger partial charge in [-0.1, -0.05) is 36.4 Å². The number of fused-ring (bicyclic) bond motifs is 3. The molecule has 2 heteroatoms. The summed E-state index contributed by atoms with van der Waals surface area (Å²) in [6, 6.07) is 8.09. The van der Waals surface area contributed by atoms with E-state index in [2.05, 4.69) is 17.1 Å². The van der Waals surface area contributed by atoms with E-state index in [9.17, 15) is 0 Å².